The Balaban J connectivity index is 1.47. The Morgan fingerprint density at radius 3 is 2.41 bits per heavy atom. The first-order valence-electron chi connectivity index (χ1n) is 10.9. The van der Waals surface area contributed by atoms with Crippen LogP contribution in [0.3, 0.4) is 0 Å². The van der Waals surface area contributed by atoms with Gasteiger partial charge in [-0.15, -0.1) is 0 Å². The van der Waals surface area contributed by atoms with Gasteiger partial charge < -0.3 is 10.2 Å². The molecule has 2 heterocycles. The summed E-state index contributed by atoms with van der Waals surface area (Å²) in [6, 6.07) is 13.8. The van der Waals surface area contributed by atoms with Crippen LogP contribution >= 0.6 is 0 Å². The molecule has 170 valence electrons. The average molecular weight is 456 g/mol. The Hall–Kier alpha value is -2.87. The quantitative estimate of drug-likeness (QED) is 0.765. The lowest BCUT2D eigenvalue weighted by atomic mass is 10.0. The molecule has 1 atom stereocenters. The molecule has 8 heteroatoms. The van der Waals surface area contributed by atoms with Crippen molar-refractivity contribution in [3.63, 3.8) is 0 Å². The molecule has 4 rings (SSSR count). The lowest BCUT2D eigenvalue weighted by Crippen LogP contribution is -2.42. The summed E-state index contributed by atoms with van der Waals surface area (Å²) in [5.74, 6) is -0.679. The molecule has 0 radical (unpaired) electrons. The molecule has 0 aromatic heterocycles. The maximum absolute atomic E-state index is 13.3. The van der Waals surface area contributed by atoms with Crippen LogP contribution in [0.15, 0.2) is 53.4 Å². The van der Waals surface area contributed by atoms with Crippen molar-refractivity contribution in [1.82, 2.24) is 4.90 Å². The molecule has 0 saturated carbocycles. The molecule has 1 saturated heterocycles. The number of hydrogen-bond acceptors (Lipinski definition) is 4. The van der Waals surface area contributed by atoms with Gasteiger partial charge in [0.2, 0.25) is 11.8 Å². The number of likely N-dealkylation sites (tertiary alicyclic amines) is 1. The first-order chi connectivity index (χ1) is 15.1. The zero-order valence-electron chi connectivity index (χ0n) is 18.7. The van der Waals surface area contributed by atoms with E-state index in [9.17, 15) is 18.0 Å². The molecule has 0 unspecified atom stereocenters. The molecular weight excluding hydrogens is 426 g/mol. The second kappa shape index (κ2) is 8.24. The van der Waals surface area contributed by atoms with Gasteiger partial charge in [-0.3, -0.25) is 13.9 Å². The van der Waals surface area contributed by atoms with Crippen molar-refractivity contribution in [2.75, 3.05) is 22.7 Å². The number of amides is 2. The number of carbonyl (C=O) groups excluding carboxylic acids is 2. The number of anilines is 2. The van der Waals surface area contributed by atoms with E-state index in [4.69, 9.17) is 0 Å². The first kappa shape index (κ1) is 22.3. The molecular formula is C24H29N3O4S. The lowest BCUT2D eigenvalue weighted by molar-refractivity contribution is -0.131. The molecule has 7 nitrogen and oxygen atoms in total. The number of rotatable bonds is 4. The summed E-state index contributed by atoms with van der Waals surface area (Å²) < 4.78 is 28.0. The number of fused-ring (bicyclic) bond motifs is 1. The molecule has 0 spiro atoms. The third kappa shape index (κ3) is 4.24. The number of benzene rings is 2. The first-order valence-corrected chi connectivity index (χ1v) is 12.3. The number of nitrogens with zero attached hydrogens (tertiary/aromatic N) is 2. The van der Waals surface area contributed by atoms with Crippen LogP contribution < -0.4 is 9.62 Å². The smallest absolute Gasteiger partial charge is 0.264 e. The molecule has 1 fully saturated rings. The van der Waals surface area contributed by atoms with Gasteiger partial charge in [0.25, 0.3) is 10.0 Å². The summed E-state index contributed by atoms with van der Waals surface area (Å²) in [7, 11) is -3.70. The van der Waals surface area contributed by atoms with Crippen molar-refractivity contribution in [3.05, 3.63) is 54.1 Å². The van der Waals surface area contributed by atoms with Gasteiger partial charge in [0.1, 0.15) is 0 Å². The van der Waals surface area contributed by atoms with Gasteiger partial charge in [-0.05, 0) is 69.5 Å². The van der Waals surface area contributed by atoms with E-state index in [0.29, 0.717) is 18.8 Å². The highest BCUT2D eigenvalue weighted by molar-refractivity contribution is 7.92. The van der Waals surface area contributed by atoms with E-state index >= 15 is 0 Å². The van der Waals surface area contributed by atoms with Crippen molar-refractivity contribution < 1.29 is 18.0 Å². The second-order valence-electron chi connectivity index (χ2n) is 9.40. The molecule has 0 aliphatic carbocycles. The molecule has 32 heavy (non-hydrogen) atoms. The zero-order valence-corrected chi connectivity index (χ0v) is 19.5. The van der Waals surface area contributed by atoms with Gasteiger partial charge in [-0.25, -0.2) is 8.42 Å². The summed E-state index contributed by atoms with van der Waals surface area (Å²) in [5, 5.41) is 2.82. The van der Waals surface area contributed by atoms with Crippen LogP contribution in [-0.2, 0) is 26.0 Å². The molecule has 2 amide bonds. The fourth-order valence-electron chi connectivity index (χ4n) is 4.36. The highest BCUT2D eigenvalue weighted by Crippen LogP contribution is 2.32. The maximum Gasteiger partial charge on any atom is 0.264 e. The molecule has 0 bridgehead atoms. The van der Waals surface area contributed by atoms with E-state index in [1.54, 1.807) is 17.0 Å². The minimum atomic E-state index is -3.70. The Morgan fingerprint density at radius 1 is 1.06 bits per heavy atom. The Labute approximate surface area is 189 Å². The van der Waals surface area contributed by atoms with E-state index in [2.05, 4.69) is 5.32 Å². The van der Waals surface area contributed by atoms with Crippen molar-refractivity contribution in [2.45, 2.75) is 50.5 Å². The van der Waals surface area contributed by atoms with E-state index < -0.39 is 15.9 Å². The Bertz CT molecular complexity index is 1140. The molecule has 2 aromatic carbocycles. The minimum Gasteiger partial charge on any atom is -0.337 e. The summed E-state index contributed by atoms with van der Waals surface area (Å²) in [6.45, 7) is 6.67. The number of hydrogen-bond donors (Lipinski definition) is 1. The van der Waals surface area contributed by atoms with Crippen LogP contribution in [0.1, 0.15) is 39.2 Å². The standard InChI is InChI=1S/C24H29N3O4S/c1-24(2,3)26-16-18(15-22(26)28)23(29)25-19-10-12-20(13-11-19)32(30,31)27-14-6-8-17-7-4-5-9-21(17)27/h4-5,7,9-13,18H,6,8,14-16H2,1-3H3,(H,25,29)/t18-/m0/s1. The monoisotopic (exact) mass is 455 g/mol. The predicted octanol–water partition coefficient (Wildman–Crippen LogP) is 3.41. The van der Waals surface area contributed by atoms with Crippen LogP contribution in [0.2, 0.25) is 0 Å². The van der Waals surface area contributed by atoms with Gasteiger partial charge in [0, 0.05) is 30.7 Å². The van der Waals surface area contributed by atoms with Crippen molar-refractivity contribution >= 4 is 33.2 Å². The molecule has 2 aromatic rings. The second-order valence-corrected chi connectivity index (χ2v) is 11.3. The third-order valence-electron chi connectivity index (χ3n) is 6.08. The number of para-hydroxylation sites is 1. The minimum absolute atomic E-state index is 0.0269. The number of sulfonamides is 1. The molecule has 2 aliphatic heterocycles. The van der Waals surface area contributed by atoms with Crippen LogP contribution in [0.25, 0.3) is 0 Å². The molecule has 1 N–H and O–H groups in total. The van der Waals surface area contributed by atoms with E-state index in [0.717, 1.165) is 24.1 Å². The fourth-order valence-corrected chi connectivity index (χ4v) is 5.90. The van der Waals surface area contributed by atoms with Crippen molar-refractivity contribution in [3.8, 4) is 0 Å². The van der Waals surface area contributed by atoms with E-state index in [1.165, 1.54) is 16.4 Å². The van der Waals surface area contributed by atoms with Gasteiger partial charge in [0.15, 0.2) is 0 Å². The maximum atomic E-state index is 13.3. The highest BCUT2D eigenvalue weighted by atomic mass is 32.2. The summed E-state index contributed by atoms with van der Waals surface area (Å²) >= 11 is 0. The SMILES string of the molecule is CC(C)(C)N1C[C@@H](C(=O)Nc2ccc(S(=O)(=O)N3CCCc4ccccc43)cc2)CC1=O. The zero-order chi connectivity index (χ0) is 23.1. The molecule has 2 aliphatic rings. The van der Waals surface area contributed by atoms with Crippen LogP contribution in [0, 0.1) is 5.92 Å². The fraction of sp³-hybridized carbons (Fsp3) is 0.417. The van der Waals surface area contributed by atoms with E-state index in [1.807, 2.05) is 45.0 Å². The van der Waals surface area contributed by atoms with Gasteiger partial charge >= 0.3 is 0 Å². The predicted molar refractivity (Wildman–Crippen MR) is 124 cm³/mol. The van der Waals surface area contributed by atoms with Crippen LogP contribution in [0.4, 0.5) is 11.4 Å². The largest absolute Gasteiger partial charge is 0.337 e. The summed E-state index contributed by atoms with van der Waals surface area (Å²) in [4.78, 5) is 26.8. The topological polar surface area (TPSA) is 86.8 Å². The van der Waals surface area contributed by atoms with Crippen molar-refractivity contribution in [1.29, 1.82) is 0 Å². The van der Waals surface area contributed by atoms with Crippen molar-refractivity contribution in [2.24, 2.45) is 5.92 Å². The highest BCUT2D eigenvalue weighted by Gasteiger charge is 2.39. The van der Waals surface area contributed by atoms with Crippen LogP contribution in [-0.4, -0.2) is 43.8 Å². The van der Waals surface area contributed by atoms with E-state index in [-0.39, 0.29) is 28.7 Å². The number of carbonyl (C=O) groups is 2. The van der Waals surface area contributed by atoms with Crippen LogP contribution in [0.5, 0.6) is 0 Å². The van der Waals surface area contributed by atoms with Gasteiger partial charge in [0.05, 0.1) is 16.5 Å². The normalized spacial score (nSPS) is 19.1. The summed E-state index contributed by atoms with van der Waals surface area (Å²) in [6.07, 6.45) is 1.82. The van der Waals surface area contributed by atoms with Gasteiger partial charge in [-0.1, -0.05) is 18.2 Å². The van der Waals surface area contributed by atoms with Gasteiger partial charge in [-0.2, -0.15) is 0 Å². The Kier molecular flexibility index (Phi) is 5.75. The third-order valence-corrected chi connectivity index (χ3v) is 7.91. The lowest BCUT2D eigenvalue weighted by Gasteiger charge is -2.31. The Morgan fingerprint density at radius 2 is 1.75 bits per heavy atom. The number of aryl methyl sites for hydroxylation is 1. The number of nitrogens with one attached hydrogen (secondary N) is 1. The summed E-state index contributed by atoms with van der Waals surface area (Å²) in [5.41, 5.74) is 1.94. The average Bonchev–Trinajstić information content (AvgIpc) is 3.16.